The highest BCUT2D eigenvalue weighted by Crippen LogP contribution is 2.49. The molecule has 3 N–H and O–H groups in total. The summed E-state index contributed by atoms with van der Waals surface area (Å²) in [5.41, 5.74) is 6.17. The van der Waals surface area contributed by atoms with Crippen LogP contribution in [0, 0.1) is 5.82 Å². The van der Waals surface area contributed by atoms with Crippen molar-refractivity contribution in [1.29, 1.82) is 0 Å². The number of aromatic amines is 1. The summed E-state index contributed by atoms with van der Waals surface area (Å²) in [4.78, 5) is 22.5. The molecule has 0 spiro atoms. The molecule has 0 aliphatic rings. The van der Waals surface area contributed by atoms with E-state index in [-0.39, 0.29) is 50.3 Å². The molecule has 3 aromatic rings. The van der Waals surface area contributed by atoms with Gasteiger partial charge in [0.15, 0.2) is 11.2 Å². The molecule has 0 radical (unpaired) electrons. The van der Waals surface area contributed by atoms with Crippen LogP contribution in [0.4, 0.5) is 10.3 Å². The Labute approximate surface area is 208 Å². The highest BCUT2D eigenvalue weighted by atomic mass is 31.2. The molecule has 0 aliphatic carbocycles. The van der Waals surface area contributed by atoms with Crippen LogP contribution >= 0.6 is 7.60 Å². The summed E-state index contributed by atoms with van der Waals surface area (Å²) < 4.78 is 51.4. The number of hydrogen-bond donors (Lipinski definition) is 2. The number of rotatable bonds is 16. The fourth-order valence-electron chi connectivity index (χ4n) is 3.26. The van der Waals surface area contributed by atoms with Gasteiger partial charge in [0.25, 0.3) is 5.56 Å². The highest BCUT2D eigenvalue weighted by Gasteiger charge is 2.27. The topological polar surface area (TPSA) is 144 Å². The maximum Gasteiger partial charge on any atom is 0.356 e. The van der Waals surface area contributed by atoms with Gasteiger partial charge < -0.3 is 28.8 Å². The first-order chi connectivity index (χ1) is 17.3. The smallest absolute Gasteiger partial charge is 0.356 e. The first-order valence-electron chi connectivity index (χ1n) is 11.9. The lowest BCUT2D eigenvalue weighted by atomic mass is 10.2. The molecule has 2 aromatic heterocycles. The number of nitrogens with one attached hydrogen (secondary N) is 1. The number of nitrogen functional groups attached to an aromatic ring is 1. The number of ether oxygens (including phenoxy) is 2. The number of H-pyrrole nitrogens is 1. The van der Waals surface area contributed by atoms with Crippen LogP contribution in [-0.4, -0.2) is 51.8 Å². The van der Waals surface area contributed by atoms with E-state index in [1.165, 1.54) is 18.5 Å². The summed E-state index contributed by atoms with van der Waals surface area (Å²) >= 11 is 0. The molecule has 11 nitrogen and oxygen atoms in total. The van der Waals surface area contributed by atoms with Gasteiger partial charge in [0, 0.05) is 13.2 Å². The van der Waals surface area contributed by atoms with E-state index < -0.39 is 19.0 Å². The van der Waals surface area contributed by atoms with Crippen molar-refractivity contribution < 1.29 is 27.5 Å². The Bertz CT molecular complexity index is 1220. The van der Waals surface area contributed by atoms with E-state index in [1.54, 1.807) is 16.7 Å². The number of nitrogens with zero attached hydrogens (tertiary/aromatic N) is 3. The molecular formula is C23H33FN5O6P. The minimum atomic E-state index is -3.72. The number of fused-ring (bicyclic) bond motifs is 1. The molecule has 198 valence electrons. The summed E-state index contributed by atoms with van der Waals surface area (Å²) in [5.74, 6) is -0.440. The van der Waals surface area contributed by atoms with Crippen LogP contribution in [0.3, 0.4) is 0 Å². The zero-order chi connectivity index (χ0) is 26.0. The molecule has 2 atom stereocenters. The normalized spacial score (nSPS) is 14.2. The maximum absolute atomic E-state index is 13.5. The predicted octanol–water partition coefficient (Wildman–Crippen LogP) is 3.84. The van der Waals surface area contributed by atoms with E-state index in [1.807, 2.05) is 6.92 Å². The van der Waals surface area contributed by atoms with Gasteiger partial charge in [-0.1, -0.05) is 32.4 Å². The van der Waals surface area contributed by atoms with E-state index in [0.717, 1.165) is 12.8 Å². The average Bonchev–Trinajstić information content (AvgIpc) is 3.26. The minimum absolute atomic E-state index is 0.0227. The average molecular weight is 526 g/mol. The van der Waals surface area contributed by atoms with Crippen molar-refractivity contribution >= 4 is 24.7 Å². The molecule has 13 heteroatoms. The molecule has 0 saturated carbocycles. The number of hydrogen-bond acceptors (Lipinski definition) is 9. The zero-order valence-electron chi connectivity index (χ0n) is 20.5. The summed E-state index contributed by atoms with van der Waals surface area (Å²) in [6, 6.07) is 5.84. The molecule has 2 heterocycles. The molecule has 3 rings (SSSR count). The summed E-state index contributed by atoms with van der Waals surface area (Å²) in [7, 11) is -3.72. The lowest BCUT2D eigenvalue weighted by molar-refractivity contribution is 0.00858. The number of nitrogens with two attached hydrogens (primary N) is 1. The van der Waals surface area contributed by atoms with Gasteiger partial charge in [0.1, 0.15) is 12.2 Å². The van der Waals surface area contributed by atoms with E-state index in [9.17, 15) is 13.8 Å². The molecule has 0 saturated heterocycles. The second-order valence-electron chi connectivity index (χ2n) is 8.16. The van der Waals surface area contributed by atoms with Crippen molar-refractivity contribution in [2.45, 2.75) is 52.4 Å². The summed E-state index contributed by atoms with van der Waals surface area (Å²) in [6.07, 6.45) is 3.49. The van der Waals surface area contributed by atoms with Crippen molar-refractivity contribution in [2.24, 2.45) is 0 Å². The van der Waals surface area contributed by atoms with Gasteiger partial charge in [-0.25, -0.2) is 9.37 Å². The van der Waals surface area contributed by atoms with Crippen molar-refractivity contribution in [1.82, 2.24) is 19.5 Å². The van der Waals surface area contributed by atoms with E-state index >= 15 is 0 Å². The summed E-state index contributed by atoms with van der Waals surface area (Å²) in [5, 5.41) is 0. The third-order valence-electron chi connectivity index (χ3n) is 5.30. The molecule has 0 amide bonds. The monoisotopic (exact) mass is 525 g/mol. The first-order valence-corrected chi connectivity index (χ1v) is 13.6. The maximum atomic E-state index is 13.5. The van der Waals surface area contributed by atoms with Gasteiger partial charge in [0.05, 0.1) is 32.3 Å². The van der Waals surface area contributed by atoms with Crippen LogP contribution in [0.1, 0.15) is 38.7 Å². The third-order valence-corrected chi connectivity index (χ3v) is 6.86. The molecule has 0 bridgehead atoms. The number of aromatic nitrogens is 4. The quantitative estimate of drug-likeness (QED) is 0.211. The van der Waals surface area contributed by atoms with Crippen LogP contribution in [0.25, 0.3) is 11.2 Å². The predicted molar refractivity (Wildman–Crippen MR) is 133 cm³/mol. The standard InChI is InChI=1S/C23H33FN5O6P/c1-3-5-10-33-19(4-2)14-35-36(31,34-13-17-7-6-8-18(24)12-17)16-32-11-9-29-15-26-20-21(29)27-23(25)28-22(20)30/h6-8,12,15,19H,3-5,9-11,13-14,16H2,1-2H3,(H3,25,27,28,30). The van der Waals surface area contributed by atoms with Crippen LogP contribution in [0.15, 0.2) is 35.4 Å². The van der Waals surface area contributed by atoms with Gasteiger partial charge in [-0.05, 0) is 30.5 Å². The van der Waals surface area contributed by atoms with Crippen molar-refractivity contribution in [3.05, 3.63) is 52.3 Å². The summed E-state index contributed by atoms with van der Waals surface area (Å²) in [6.45, 7) is 4.96. The fourth-order valence-corrected chi connectivity index (χ4v) is 4.58. The van der Waals surface area contributed by atoms with E-state index in [0.29, 0.717) is 24.2 Å². The Morgan fingerprint density at radius 3 is 2.83 bits per heavy atom. The molecule has 2 unspecified atom stereocenters. The fraction of sp³-hybridized carbons (Fsp3) is 0.522. The SMILES string of the molecule is CCCCOC(CC)COP(=O)(COCCn1cnc2c(=O)[nH]c(N)nc21)OCc1cccc(F)c1. The Morgan fingerprint density at radius 2 is 2.08 bits per heavy atom. The lowest BCUT2D eigenvalue weighted by Crippen LogP contribution is -2.20. The zero-order valence-corrected chi connectivity index (χ0v) is 21.4. The second-order valence-corrected chi connectivity index (χ2v) is 10.2. The molecular weight excluding hydrogens is 492 g/mol. The second kappa shape index (κ2) is 13.6. The molecule has 0 fully saturated rings. The Kier molecular flexibility index (Phi) is 10.6. The molecule has 0 aliphatic heterocycles. The number of benzene rings is 1. The molecule has 1 aromatic carbocycles. The van der Waals surface area contributed by atoms with Crippen molar-refractivity contribution in [2.75, 3.05) is 31.9 Å². The van der Waals surface area contributed by atoms with Gasteiger partial charge >= 0.3 is 7.60 Å². The highest BCUT2D eigenvalue weighted by molar-refractivity contribution is 7.53. The van der Waals surface area contributed by atoms with Crippen LogP contribution < -0.4 is 11.3 Å². The Morgan fingerprint density at radius 1 is 1.25 bits per heavy atom. The van der Waals surface area contributed by atoms with Gasteiger partial charge in [0.2, 0.25) is 5.95 Å². The van der Waals surface area contributed by atoms with Gasteiger partial charge in [-0.15, -0.1) is 0 Å². The van der Waals surface area contributed by atoms with Crippen molar-refractivity contribution in [3.8, 4) is 0 Å². The number of imidazole rings is 1. The Hall–Kier alpha value is -2.63. The lowest BCUT2D eigenvalue weighted by Gasteiger charge is -2.22. The van der Waals surface area contributed by atoms with E-state index in [2.05, 4.69) is 21.9 Å². The van der Waals surface area contributed by atoms with Crippen LogP contribution in [0.2, 0.25) is 0 Å². The van der Waals surface area contributed by atoms with Crippen LogP contribution in [0.5, 0.6) is 0 Å². The number of halogens is 1. The Balaban J connectivity index is 1.61. The third kappa shape index (κ3) is 8.21. The minimum Gasteiger partial charge on any atom is -0.376 e. The number of anilines is 1. The van der Waals surface area contributed by atoms with Gasteiger partial charge in [-0.3, -0.25) is 14.3 Å². The van der Waals surface area contributed by atoms with Gasteiger partial charge in [-0.2, -0.15) is 4.98 Å². The van der Waals surface area contributed by atoms with Crippen molar-refractivity contribution in [3.63, 3.8) is 0 Å². The molecule has 36 heavy (non-hydrogen) atoms. The number of unbranched alkanes of at least 4 members (excludes halogenated alkanes) is 1. The van der Waals surface area contributed by atoms with Crippen LogP contribution in [-0.2, 0) is 36.2 Å². The van der Waals surface area contributed by atoms with E-state index in [4.69, 9.17) is 24.3 Å². The first kappa shape index (κ1) is 27.9. The largest absolute Gasteiger partial charge is 0.376 e.